The van der Waals surface area contributed by atoms with Gasteiger partial charge < -0.3 is 0 Å². The lowest BCUT2D eigenvalue weighted by Gasteiger charge is -2.28. The van der Waals surface area contributed by atoms with Crippen molar-refractivity contribution in [3.63, 3.8) is 0 Å². The van der Waals surface area contributed by atoms with Crippen LogP contribution in [-0.4, -0.2) is 0 Å². The molecule has 0 amide bonds. The molecule has 0 aromatic heterocycles. The van der Waals surface area contributed by atoms with E-state index in [1.165, 1.54) is 32.1 Å². The van der Waals surface area contributed by atoms with Crippen LogP contribution in [-0.2, 0) is 0 Å². The molecule has 2 saturated carbocycles. The molecule has 0 N–H and O–H groups in total. The Balaban J connectivity index is 2.02. The van der Waals surface area contributed by atoms with Gasteiger partial charge in [0.15, 0.2) is 0 Å². The first-order valence-electron chi connectivity index (χ1n) is 6.73. The van der Waals surface area contributed by atoms with E-state index < -0.39 is 0 Å². The molecule has 0 heterocycles. The Bertz CT molecular complexity index is 255. The fourth-order valence-corrected chi connectivity index (χ4v) is 3.64. The van der Waals surface area contributed by atoms with Gasteiger partial charge in [-0.3, -0.25) is 0 Å². The van der Waals surface area contributed by atoms with Crippen LogP contribution in [0.1, 0.15) is 59.8 Å². The van der Waals surface area contributed by atoms with E-state index >= 15 is 0 Å². The van der Waals surface area contributed by atoms with Crippen LogP contribution in [0.4, 0.5) is 0 Å². The molecule has 0 aromatic rings. The highest BCUT2D eigenvalue weighted by atomic mass is 14.4. The van der Waals surface area contributed by atoms with E-state index in [1.807, 2.05) is 0 Å². The lowest BCUT2D eigenvalue weighted by molar-refractivity contribution is 0.321. The Kier molecular flexibility index (Phi) is 3.23. The standard InChI is InChI=1S/C15H26/c1-10(2)12-5-6-13-8-14(11(3)4)9-15(13)7-12/h11,13-15H,5-9H2,1-4H3. The second-order valence-corrected chi connectivity index (χ2v) is 6.34. The zero-order chi connectivity index (χ0) is 11.0. The van der Waals surface area contributed by atoms with E-state index in [-0.39, 0.29) is 0 Å². The number of fused-ring (bicyclic) bond motifs is 1. The van der Waals surface area contributed by atoms with Crippen molar-refractivity contribution in [2.24, 2.45) is 23.7 Å². The van der Waals surface area contributed by atoms with Gasteiger partial charge in [-0.1, -0.05) is 25.0 Å². The Hall–Kier alpha value is -0.260. The Morgan fingerprint density at radius 1 is 1.13 bits per heavy atom. The third-order valence-corrected chi connectivity index (χ3v) is 4.85. The van der Waals surface area contributed by atoms with E-state index in [0.717, 1.165) is 23.7 Å². The molecule has 0 aliphatic heterocycles. The molecule has 2 aliphatic rings. The van der Waals surface area contributed by atoms with Crippen molar-refractivity contribution in [2.45, 2.75) is 59.8 Å². The monoisotopic (exact) mass is 206 g/mol. The van der Waals surface area contributed by atoms with Crippen molar-refractivity contribution in [1.82, 2.24) is 0 Å². The SMILES string of the molecule is CC(C)=C1CCC2CC(C(C)C)CC2C1. The average molecular weight is 206 g/mol. The molecule has 86 valence electrons. The Morgan fingerprint density at radius 3 is 2.40 bits per heavy atom. The molecule has 2 fully saturated rings. The average Bonchev–Trinajstić information content (AvgIpc) is 2.59. The summed E-state index contributed by atoms with van der Waals surface area (Å²) in [7, 11) is 0. The topological polar surface area (TPSA) is 0 Å². The van der Waals surface area contributed by atoms with Gasteiger partial charge >= 0.3 is 0 Å². The second kappa shape index (κ2) is 4.31. The second-order valence-electron chi connectivity index (χ2n) is 6.34. The maximum atomic E-state index is 2.41. The molecule has 0 aromatic carbocycles. The highest BCUT2D eigenvalue weighted by Gasteiger charge is 2.37. The summed E-state index contributed by atoms with van der Waals surface area (Å²) in [5, 5.41) is 0. The summed E-state index contributed by atoms with van der Waals surface area (Å²) < 4.78 is 0. The van der Waals surface area contributed by atoms with Crippen LogP contribution in [0, 0.1) is 23.7 Å². The first-order valence-corrected chi connectivity index (χ1v) is 6.73. The van der Waals surface area contributed by atoms with Crippen molar-refractivity contribution < 1.29 is 0 Å². The highest BCUT2D eigenvalue weighted by Crippen LogP contribution is 2.49. The highest BCUT2D eigenvalue weighted by molar-refractivity contribution is 5.14. The van der Waals surface area contributed by atoms with Gasteiger partial charge in [0.05, 0.1) is 0 Å². The van der Waals surface area contributed by atoms with E-state index in [1.54, 1.807) is 11.1 Å². The molecule has 0 nitrogen and oxygen atoms in total. The van der Waals surface area contributed by atoms with Crippen molar-refractivity contribution in [3.8, 4) is 0 Å². The molecule has 0 saturated heterocycles. The smallest absolute Gasteiger partial charge is 0.0287 e. The zero-order valence-electron chi connectivity index (χ0n) is 10.8. The van der Waals surface area contributed by atoms with Gasteiger partial charge in [0, 0.05) is 0 Å². The number of hydrogen-bond donors (Lipinski definition) is 0. The first-order chi connectivity index (χ1) is 7.08. The van der Waals surface area contributed by atoms with Crippen molar-refractivity contribution >= 4 is 0 Å². The maximum absolute atomic E-state index is 2.41. The van der Waals surface area contributed by atoms with Crippen LogP contribution in [0.5, 0.6) is 0 Å². The molecular weight excluding hydrogens is 180 g/mol. The van der Waals surface area contributed by atoms with Crippen molar-refractivity contribution in [1.29, 1.82) is 0 Å². The fourth-order valence-electron chi connectivity index (χ4n) is 3.64. The molecule has 3 unspecified atom stereocenters. The number of rotatable bonds is 1. The molecule has 3 atom stereocenters. The Labute approximate surface area is 95.1 Å². The maximum Gasteiger partial charge on any atom is -0.0287 e. The lowest BCUT2D eigenvalue weighted by atomic mass is 9.78. The van der Waals surface area contributed by atoms with Crippen molar-refractivity contribution in [3.05, 3.63) is 11.1 Å². The van der Waals surface area contributed by atoms with Crippen molar-refractivity contribution in [2.75, 3.05) is 0 Å². The van der Waals surface area contributed by atoms with Gasteiger partial charge in [-0.15, -0.1) is 0 Å². The van der Waals surface area contributed by atoms with Crippen LogP contribution >= 0.6 is 0 Å². The van der Waals surface area contributed by atoms with E-state index in [0.29, 0.717) is 0 Å². The van der Waals surface area contributed by atoms with Gasteiger partial charge in [-0.05, 0) is 69.6 Å². The van der Waals surface area contributed by atoms with E-state index in [4.69, 9.17) is 0 Å². The van der Waals surface area contributed by atoms with Crippen LogP contribution in [0.2, 0.25) is 0 Å². The quantitative estimate of drug-likeness (QED) is 0.540. The van der Waals surface area contributed by atoms with Gasteiger partial charge in [0.25, 0.3) is 0 Å². The van der Waals surface area contributed by atoms with E-state index in [2.05, 4.69) is 27.7 Å². The van der Waals surface area contributed by atoms with Gasteiger partial charge in [0.2, 0.25) is 0 Å². The third-order valence-electron chi connectivity index (χ3n) is 4.85. The first kappa shape index (κ1) is 11.2. The van der Waals surface area contributed by atoms with Crippen LogP contribution in [0.3, 0.4) is 0 Å². The molecule has 2 rings (SSSR count). The molecule has 15 heavy (non-hydrogen) atoms. The van der Waals surface area contributed by atoms with Gasteiger partial charge in [0.1, 0.15) is 0 Å². The zero-order valence-corrected chi connectivity index (χ0v) is 10.8. The largest absolute Gasteiger partial charge is 0.0772 e. The molecule has 2 aliphatic carbocycles. The molecular formula is C15H26. The number of allylic oxidation sites excluding steroid dienone is 2. The van der Waals surface area contributed by atoms with Crippen LogP contribution in [0.25, 0.3) is 0 Å². The number of hydrogen-bond acceptors (Lipinski definition) is 0. The van der Waals surface area contributed by atoms with Crippen LogP contribution in [0.15, 0.2) is 11.1 Å². The minimum absolute atomic E-state index is 0.908. The lowest BCUT2D eigenvalue weighted by Crippen LogP contribution is -2.15. The Morgan fingerprint density at radius 2 is 1.80 bits per heavy atom. The third kappa shape index (κ3) is 2.29. The summed E-state index contributed by atoms with van der Waals surface area (Å²) in [5.74, 6) is 4.04. The minimum atomic E-state index is 0.908. The summed E-state index contributed by atoms with van der Waals surface area (Å²) in [6.45, 7) is 9.41. The summed E-state index contributed by atoms with van der Waals surface area (Å²) in [4.78, 5) is 0. The molecule has 0 heteroatoms. The molecule has 0 bridgehead atoms. The van der Waals surface area contributed by atoms with E-state index in [9.17, 15) is 0 Å². The molecule has 0 spiro atoms. The summed E-state index contributed by atoms with van der Waals surface area (Å²) in [6, 6.07) is 0. The molecule has 0 radical (unpaired) electrons. The summed E-state index contributed by atoms with van der Waals surface area (Å²) in [6.07, 6.45) is 7.34. The van der Waals surface area contributed by atoms with Gasteiger partial charge in [-0.2, -0.15) is 0 Å². The summed E-state index contributed by atoms with van der Waals surface area (Å²) in [5.41, 5.74) is 3.38. The predicted octanol–water partition coefficient (Wildman–Crippen LogP) is 4.81. The predicted molar refractivity (Wildman–Crippen MR) is 66.8 cm³/mol. The van der Waals surface area contributed by atoms with Gasteiger partial charge in [-0.25, -0.2) is 0 Å². The summed E-state index contributed by atoms with van der Waals surface area (Å²) >= 11 is 0. The normalized spacial score (nSPS) is 35.8. The fraction of sp³-hybridized carbons (Fsp3) is 0.867. The minimum Gasteiger partial charge on any atom is -0.0772 e. The van der Waals surface area contributed by atoms with Crippen LogP contribution < -0.4 is 0 Å².